The fraction of sp³-hybridized carbons (Fsp3) is 0.250. The maximum atomic E-state index is 2.25. The zero-order valence-corrected chi connectivity index (χ0v) is 14.0. The van der Waals surface area contributed by atoms with Gasteiger partial charge in [0, 0.05) is 0 Å². The van der Waals surface area contributed by atoms with Gasteiger partial charge in [-0.25, -0.2) is 0 Å². The van der Waals surface area contributed by atoms with Crippen LogP contribution < -0.4 is 31.0 Å². The molecule has 0 radical (unpaired) electrons. The first-order valence-electron chi connectivity index (χ1n) is 6.26. The first-order valence-corrected chi connectivity index (χ1v) is 8.41. The summed E-state index contributed by atoms with van der Waals surface area (Å²) in [5.41, 5.74) is 2.52. The van der Waals surface area contributed by atoms with Gasteiger partial charge in [-0.15, -0.1) is 0 Å². The van der Waals surface area contributed by atoms with Crippen molar-refractivity contribution in [2.75, 3.05) is 38.0 Å². The van der Waals surface area contributed by atoms with Crippen LogP contribution in [0.3, 0.4) is 0 Å². The number of hydrogen-bond acceptors (Lipinski definition) is 2. The first-order chi connectivity index (χ1) is 9.06. The molecule has 2 aromatic rings. The molecule has 2 nitrogen and oxygen atoms in total. The van der Waals surface area contributed by atoms with E-state index in [0.717, 1.165) is 0 Å². The summed E-state index contributed by atoms with van der Waals surface area (Å²) in [6, 6.07) is 17.8. The van der Waals surface area contributed by atoms with Gasteiger partial charge in [0.05, 0.1) is 0 Å². The molecule has 2 aromatic carbocycles. The van der Waals surface area contributed by atoms with Gasteiger partial charge in [-0.2, -0.15) is 0 Å². The normalized spacial score (nSPS) is 10.5. The van der Waals surface area contributed by atoms with E-state index in [-0.39, 0.29) is 21.2 Å². The van der Waals surface area contributed by atoms with E-state index in [2.05, 4.69) is 86.5 Å². The molecule has 19 heavy (non-hydrogen) atoms. The second kappa shape index (κ2) is 6.28. The minimum atomic E-state index is -0.0736. The summed E-state index contributed by atoms with van der Waals surface area (Å²) in [5, 5.41) is 0. The molecule has 3 heteroatoms. The molecule has 0 saturated carbocycles. The number of rotatable bonds is 4. The van der Waals surface area contributed by atoms with Crippen LogP contribution >= 0.6 is 0 Å². The number of nitrogens with zero attached hydrogens (tertiary/aromatic N) is 2. The molecule has 0 fully saturated rings. The summed E-state index contributed by atoms with van der Waals surface area (Å²) in [7, 11) is 8.29. The van der Waals surface area contributed by atoms with E-state index < -0.39 is 0 Å². The van der Waals surface area contributed by atoms with Crippen molar-refractivity contribution in [2.45, 2.75) is 0 Å². The minimum absolute atomic E-state index is 0.0736. The molecule has 2 rings (SSSR count). The molecule has 0 amide bonds. The van der Waals surface area contributed by atoms with E-state index in [1.807, 2.05) is 0 Å². The average molecular weight is 367 g/mol. The van der Waals surface area contributed by atoms with Crippen molar-refractivity contribution in [3.8, 4) is 0 Å². The van der Waals surface area contributed by atoms with Crippen LogP contribution in [-0.2, 0) is 0 Å². The van der Waals surface area contributed by atoms with Crippen molar-refractivity contribution in [2.24, 2.45) is 0 Å². The van der Waals surface area contributed by atoms with Crippen molar-refractivity contribution in [3.05, 3.63) is 55.7 Å². The summed E-state index contributed by atoms with van der Waals surface area (Å²) >= 11 is -0.0736. The standard InChI is InChI=1S/C16H20IN2/c1-18(2)15-9-5-13(6-10-15)17-14-7-11-16(12-8-14)19(3)4/h5-12H,1-4H3/q-1. The zero-order valence-electron chi connectivity index (χ0n) is 11.9. The van der Waals surface area contributed by atoms with Crippen LogP contribution in [0.25, 0.3) is 0 Å². The third kappa shape index (κ3) is 3.86. The van der Waals surface area contributed by atoms with Crippen LogP contribution in [0.4, 0.5) is 11.4 Å². The van der Waals surface area contributed by atoms with Crippen molar-refractivity contribution < 1.29 is 21.2 Å². The monoisotopic (exact) mass is 367 g/mol. The number of benzene rings is 2. The SMILES string of the molecule is CN(C)c1ccc([I-]c2ccc(N(C)C)cc2)cc1. The van der Waals surface area contributed by atoms with E-state index in [0.29, 0.717) is 0 Å². The van der Waals surface area contributed by atoms with Gasteiger partial charge in [-0.05, 0) is 0 Å². The molecule has 0 bridgehead atoms. The van der Waals surface area contributed by atoms with Gasteiger partial charge in [0.15, 0.2) is 0 Å². The Morgan fingerprint density at radius 2 is 0.895 bits per heavy atom. The van der Waals surface area contributed by atoms with Crippen molar-refractivity contribution in [3.63, 3.8) is 0 Å². The van der Waals surface area contributed by atoms with E-state index in [1.165, 1.54) is 18.5 Å². The average Bonchev–Trinajstić information content (AvgIpc) is 2.40. The summed E-state index contributed by atoms with van der Waals surface area (Å²) in [5.74, 6) is 0. The number of hydrogen-bond donors (Lipinski definition) is 0. The van der Waals surface area contributed by atoms with Gasteiger partial charge >= 0.3 is 126 Å². The third-order valence-electron chi connectivity index (χ3n) is 2.90. The molecule has 0 saturated heterocycles. The third-order valence-corrected chi connectivity index (χ3v) is 5.59. The second-order valence-electron chi connectivity index (χ2n) is 4.84. The molecular weight excluding hydrogens is 347 g/mol. The Bertz CT molecular complexity index is 466. The summed E-state index contributed by atoms with van der Waals surface area (Å²) in [6.45, 7) is 0. The van der Waals surface area contributed by atoms with Gasteiger partial charge in [0.25, 0.3) is 0 Å². The van der Waals surface area contributed by atoms with Gasteiger partial charge < -0.3 is 0 Å². The predicted octanol–water partition coefficient (Wildman–Crippen LogP) is -0.0530. The van der Waals surface area contributed by atoms with Crippen molar-refractivity contribution in [1.82, 2.24) is 0 Å². The first kappa shape index (κ1) is 14.2. The molecule has 102 valence electrons. The Balaban J connectivity index is 2.08. The fourth-order valence-corrected chi connectivity index (χ4v) is 3.89. The van der Waals surface area contributed by atoms with Gasteiger partial charge in [-0.1, -0.05) is 0 Å². The van der Waals surface area contributed by atoms with Crippen LogP contribution in [0.5, 0.6) is 0 Å². The Morgan fingerprint density at radius 3 is 1.16 bits per heavy atom. The van der Waals surface area contributed by atoms with Crippen LogP contribution in [0.1, 0.15) is 0 Å². The molecule has 0 unspecified atom stereocenters. The fourth-order valence-electron chi connectivity index (χ4n) is 1.73. The van der Waals surface area contributed by atoms with E-state index >= 15 is 0 Å². The summed E-state index contributed by atoms with van der Waals surface area (Å²) in [4.78, 5) is 4.27. The quantitative estimate of drug-likeness (QED) is 0.700. The molecular formula is C16H20IN2-. The van der Waals surface area contributed by atoms with E-state index in [9.17, 15) is 0 Å². The van der Waals surface area contributed by atoms with Crippen LogP contribution in [-0.4, -0.2) is 28.2 Å². The van der Waals surface area contributed by atoms with Crippen LogP contribution in [0.2, 0.25) is 0 Å². The Kier molecular flexibility index (Phi) is 4.69. The van der Waals surface area contributed by atoms with Crippen LogP contribution in [0, 0.1) is 7.14 Å². The van der Waals surface area contributed by atoms with Gasteiger partial charge in [0.1, 0.15) is 0 Å². The van der Waals surface area contributed by atoms with Gasteiger partial charge in [-0.3, -0.25) is 0 Å². The van der Waals surface area contributed by atoms with E-state index in [4.69, 9.17) is 0 Å². The second-order valence-corrected chi connectivity index (χ2v) is 7.87. The van der Waals surface area contributed by atoms with Crippen molar-refractivity contribution in [1.29, 1.82) is 0 Å². The Hall–Kier alpha value is -1.23. The number of anilines is 2. The molecule has 0 heterocycles. The molecule has 0 aliphatic carbocycles. The topological polar surface area (TPSA) is 6.48 Å². The van der Waals surface area contributed by atoms with Crippen LogP contribution in [0.15, 0.2) is 48.5 Å². The Morgan fingerprint density at radius 1 is 0.579 bits per heavy atom. The summed E-state index contributed by atoms with van der Waals surface area (Å²) < 4.78 is 2.92. The maximum absolute atomic E-state index is 2.25. The van der Waals surface area contributed by atoms with Crippen molar-refractivity contribution >= 4 is 11.4 Å². The molecule has 0 aromatic heterocycles. The van der Waals surface area contributed by atoms with E-state index in [1.54, 1.807) is 0 Å². The number of halogens is 1. The molecule has 0 atom stereocenters. The predicted molar refractivity (Wildman–Crippen MR) is 78.9 cm³/mol. The summed E-state index contributed by atoms with van der Waals surface area (Å²) in [6.07, 6.45) is 0. The van der Waals surface area contributed by atoms with Gasteiger partial charge in [0.2, 0.25) is 0 Å². The Labute approximate surface area is 126 Å². The molecule has 0 spiro atoms. The molecule has 0 N–H and O–H groups in total. The molecule has 0 aliphatic heterocycles. The zero-order chi connectivity index (χ0) is 13.8. The molecule has 0 aliphatic rings.